The molecule has 0 radical (unpaired) electrons. The van der Waals surface area contributed by atoms with E-state index in [1.807, 2.05) is 42.5 Å². The van der Waals surface area contributed by atoms with Crippen LogP contribution in [0.3, 0.4) is 0 Å². The van der Waals surface area contributed by atoms with Crippen LogP contribution in [0.2, 0.25) is 5.02 Å². The van der Waals surface area contributed by atoms with Crippen molar-refractivity contribution in [1.82, 2.24) is 9.97 Å². The average molecular weight is 383 g/mol. The van der Waals surface area contributed by atoms with Gasteiger partial charge in [-0.15, -0.1) is 0 Å². The molecule has 4 nitrogen and oxygen atoms in total. The molecule has 0 saturated carbocycles. The van der Waals surface area contributed by atoms with Crippen molar-refractivity contribution in [1.29, 1.82) is 0 Å². The molecule has 0 aliphatic heterocycles. The van der Waals surface area contributed by atoms with Crippen LogP contribution in [0.5, 0.6) is 11.5 Å². The molecule has 1 aromatic heterocycles. The first-order chi connectivity index (χ1) is 13.1. The summed E-state index contributed by atoms with van der Waals surface area (Å²) >= 11 is 6.03. The van der Waals surface area contributed by atoms with E-state index in [1.165, 1.54) is 18.2 Å². The third-order valence-electron chi connectivity index (χ3n) is 4.22. The molecule has 4 rings (SSSR count). The van der Waals surface area contributed by atoms with Crippen molar-refractivity contribution < 1.29 is 13.9 Å². The minimum atomic E-state index is -0.406. The van der Waals surface area contributed by atoms with Gasteiger partial charge in [0.05, 0.1) is 23.2 Å². The summed E-state index contributed by atoms with van der Waals surface area (Å²) in [4.78, 5) is 7.93. The van der Waals surface area contributed by atoms with Crippen LogP contribution >= 0.6 is 11.6 Å². The number of hydrogen-bond donors (Lipinski definition) is 1. The van der Waals surface area contributed by atoms with E-state index in [2.05, 4.69) is 9.97 Å². The highest BCUT2D eigenvalue weighted by Crippen LogP contribution is 2.30. The molecule has 0 aliphatic rings. The summed E-state index contributed by atoms with van der Waals surface area (Å²) in [6.45, 7) is 0.225. The predicted molar refractivity (Wildman–Crippen MR) is 104 cm³/mol. The predicted octanol–water partition coefficient (Wildman–Crippen LogP) is 5.61. The number of nitrogens with zero attached hydrogens (tertiary/aromatic N) is 1. The maximum atomic E-state index is 13.2. The second kappa shape index (κ2) is 7.29. The van der Waals surface area contributed by atoms with E-state index in [-0.39, 0.29) is 11.6 Å². The van der Waals surface area contributed by atoms with E-state index >= 15 is 0 Å². The van der Waals surface area contributed by atoms with Crippen molar-refractivity contribution >= 4 is 22.6 Å². The molecule has 0 aliphatic carbocycles. The highest BCUT2D eigenvalue weighted by Gasteiger charge is 2.11. The lowest BCUT2D eigenvalue weighted by molar-refractivity contribution is 0.296. The van der Waals surface area contributed by atoms with Gasteiger partial charge in [0.15, 0.2) is 0 Å². The number of imidazole rings is 1. The Balaban J connectivity index is 1.64. The van der Waals surface area contributed by atoms with E-state index < -0.39 is 5.82 Å². The molecule has 0 bridgehead atoms. The molecule has 0 unspecified atom stereocenters. The van der Waals surface area contributed by atoms with Crippen LogP contribution in [0.4, 0.5) is 4.39 Å². The Labute approximate surface area is 160 Å². The molecule has 0 atom stereocenters. The Bertz CT molecular complexity index is 1080. The highest BCUT2D eigenvalue weighted by molar-refractivity contribution is 6.32. The van der Waals surface area contributed by atoms with Gasteiger partial charge in [-0.25, -0.2) is 9.37 Å². The SMILES string of the molecule is COc1ccc(-c2nc3ccccc3[nH]2)cc1COc1ccc(F)cc1Cl. The fourth-order valence-electron chi connectivity index (χ4n) is 2.88. The number of para-hydroxylation sites is 2. The number of hydrogen-bond acceptors (Lipinski definition) is 3. The number of fused-ring (bicyclic) bond motifs is 1. The minimum absolute atomic E-state index is 0.224. The second-order valence-electron chi connectivity index (χ2n) is 5.99. The normalized spacial score (nSPS) is 10.9. The molecule has 0 amide bonds. The van der Waals surface area contributed by atoms with Gasteiger partial charge in [0.25, 0.3) is 0 Å². The fraction of sp³-hybridized carbons (Fsp3) is 0.0952. The standard InChI is InChI=1S/C21H16ClFN2O2/c1-26-19-8-6-13(21-24-17-4-2-3-5-18(17)25-21)10-14(19)12-27-20-9-7-15(23)11-16(20)22/h2-11H,12H2,1H3,(H,24,25). The van der Waals surface area contributed by atoms with E-state index in [4.69, 9.17) is 21.1 Å². The maximum Gasteiger partial charge on any atom is 0.138 e. The molecule has 4 aromatic rings. The number of H-pyrrole nitrogens is 1. The number of aromatic amines is 1. The smallest absolute Gasteiger partial charge is 0.138 e. The van der Waals surface area contributed by atoms with Gasteiger partial charge >= 0.3 is 0 Å². The van der Waals surface area contributed by atoms with Crippen molar-refractivity contribution in [3.05, 3.63) is 77.1 Å². The zero-order chi connectivity index (χ0) is 18.8. The zero-order valence-corrected chi connectivity index (χ0v) is 15.3. The van der Waals surface area contributed by atoms with E-state index in [9.17, 15) is 4.39 Å². The third-order valence-corrected chi connectivity index (χ3v) is 4.52. The second-order valence-corrected chi connectivity index (χ2v) is 6.40. The van der Waals surface area contributed by atoms with Crippen LogP contribution in [-0.2, 0) is 6.61 Å². The number of aromatic nitrogens is 2. The molecule has 0 saturated heterocycles. The summed E-state index contributed by atoms with van der Waals surface area (Å²) in [5, 5.41) is 0.224. The first kappa shape index (κ1) is 17.4. The summed E-state index contributed by atoms with van der Waals surface area (Å²) in [6, 6.07) is 17.6. The lowest BCUT2D eigenvalue weighted by atomic mass is 10.1. The summed E-state index contributed by atoms with van der Waals surface area (Å²) in [6.07, 6.45) is 0. The first-order valence-corrected chi connectivity index (χ1v) is 8.72. The fourth-order valence-corrected chi connectivity index (χ4v) is 3.10. The van der Waals surface area contributed by atoms with Gasteiger partial charge in [-0.2, -0.15) is 0 Å². The molecule has 136 valence electrons. The summed E-state index contributed by atoms with van der Waals surface area (Å²) in [5.74, 6) is 1.46. The van der Waals surface area contributed by atoms with Crippen LogP contribution in [0.25, 0.3) is 22.4 Å². The van der Waals surface area contributed by atoms with Crippen molar-refractivity contribution in [2.45, 2.75) is 6.61 Å². The van der Waals surface area contributed by atoms with E-state index in [1.54, 1.807) is 7.11 Å². The number of nitrogens with one attached hydrogen (secondary N) is 1. The van der Waals surface area contributed by atoms with Crippen LogP contribution in [0, 0.1) is 5.82 Å². The number of benzene rings is 3. The van der Waals surface area contributed by atoms with Gasteiger partial charge in [0.2, 0.25) is 0 Å². The molecule has 0 spiro atoms. The molecule has 0 fully saturated rings. The van der Waals surface area contributed by atoms with Gasteiger partial charge < -0.3 is 14.5 Å². The Kier molecular flexibility index (Phi) is 4.69. The quantitative estimate of drug-likeness (QED) is 0.488. The van der Waals surface area contributed by atoms with Gasteiger partial charge in [-0.05, 0) is 48.5 Å². The van der Waals surface area contributed by atoms with Crippen molar-refractivity contribution in [2.24, 2.45) is 0 Å². The Morgan fingerprint density at radius 2 is 1.85 bits per heavy atom. The lowest BCUT2D eigenvalue weighted by Gasteiger charge is -2.12. The molecule has 27 heavy (non-hydrogen) atoms. The van der Waals surface area contributed by atoms with Gasteiger partial charge in [-0.1, -0.05) is 23.7 Å². The molecule has 1 heterocycles. The molecular formula is C21H16ClFN2O2. The topological polar surface area (TPSA) is 47.1 Å². The largest absolute Gasteiger partial charge is 0.496 e. The molecule has 6 heteroatoms. The van der Waals surface area contributed by atoms with Crippen LogP contribution in [-0.4, -0.2) is 17.1 Å². The summed E-state index contributed by atoms with van der Waals surface area (Å²) in [5.41, 5.74) is 3.62. The minimum Gasteiger partial charge on any atom is -0.496 e. The zero-order valence-electron chi connectivity index (χ0n) is 14.5. The highest BCUT2D eigenvalue weighted by atomic mass is 35.5. The van der Waals surface area contributed by atoms with Crippen LogP contribution < -0.4 is 9.47 Å². The third kappa shape index (κ3) is 3.59. The molecule has 3 aromatic carbocycles. The van der Waals surface area contributed by atoms with Crippen LogP contribution in [0.1, 0.15) is 5.56 Å². The monoisotopic (exact) mass is 382 g/mol. The first-order valence-electron chi connectivity index (χ1n) is 8.34. The molecule has 1 N–H and O–H groups in total. The molecular weight excluding hydrogens is 367 g/mol. The number of rotatable bonds is 5. The number of ether oxygens (including phenoxy) is 2. The van der Waals surface area contributed by atoms with Crippen molar-refractivity contribution in [2.75, 3.05) is 7.11 Å². The Morgan fingerprint density at radius 1 is 1.04 bits per heavy atom. The number of methoxy groups -OCH3 is 1. The summed E-state index contributed by atoms with van der Waals surface area (Å²) < 4.78 is 24.4. The summed E-state index contributed by atoms with van der Waals surface area (Å²) in [7, 11) is 1.60. The van der Waals surface area contributed by atoms with Gasteiger partial charge in [0, 0.05) is 11.1 Å². The Morgan fingerprint density at radius 3 is 2.63 bits per heavy atom. The van der Waals surface area contributed by atoms with E-state index in [0.717, 1.165) is 28.0 Å². The van der Waals surface area contributed by atoms with Crippen LogP contribution in [0.15, 0.2) is 60.7 Å². The lowest BCUT2D eigenvalue weighted by Crippen LogP contribution is -2.00. The van der Waals surface area contributed by atoms with E-state index in [0.29, 0.717) is 11.5 Å². The van der Waals surface area contributed by atoms with Gasteiger partial charge in [-0.3, -0.25) is 0 Å². The average Bonchev–Trinajstić information content (AvgIpc) is 3.11. The van der Waals surface area contributed by atoms with Gasteiger partial charge in [0.1, 0.15) is 29.7 Å². The van der Waals surface area contributed by atoms with Crippen molar-refractivity contribution in [3.63, 3.8) is 0 Å². The van der Waals surface area contributed by atoms with Crippen molar-refractivity contribution in [3.8, 4) is 22.9 Å². The Hall–Kier alpha value is -3.05. The number of halogens is 2. The maximum absolute atomic E-state index is 13.2.